The molecule has 0 saturated carbocycles. The van der Waals surface area contributed by atoms with Crippen molar-refractivity contribution < 1.29 is 19.0 Å². The summed E-state index contributed by atoms with van der Waals surface area (Å²) >= 11 is 0. The van der Waals surface area contributed by atoms with Crippen LogP contribution in [0.3, 0.4) is 0 Å². The summed E-state index contributed by atoms with van der Waals surface area (Å²) in [6.07, 6.45) is 11.3. The number of benzene rings is 1. The highest BCUT2D eigenvalue weighted by atomic mass is 16.5. The minimum atomic E-state index is -0.299. The van der Waals surface area contributed by atoms with Crippen LogP contribution < -0.4 is 9.47 Å². The van der Waals surface area contributed by atoms with E-state index in [2.05, 4.69) is 13.8 Å². The molecular formula is C21H30O4. The molecular weight excluding hydrogens is 316 g/mol. The maximum Gasteiger partial charge on any atom is 0.330 e. The molecule has 0 radical (unpaired) electrons. The van der Waals surface area contributed by atoms with Crippen LogP contribution in [0, 0.1) is 5.92 Å². The van der Waals surface area contributed by atoms with Gasteiger partial charge in [-0.15, -0.1) is 0 Å². The molecule has 0 aliphatic heterocycles. The first-order valence-corrected chi connectivity index (χ1v) is 8.88. The monoisotopic (exact) mass is 346 g/mol. The minimum absolute atomic E-state index is 0.299. The SMILES string of the molecule is CCCCC(CC)COC(=O)/C=C/C=C/c1ccc(OC)c(OC)c1. The summed E-state index contributed by atoms with van der Waals surface area (Å²) in [7, 11) is 3.21. The second-order valence-electron chi connectivity index (χ2n) is 5.88. The Morgan fingerprint density at radius 1 is 1.12 bits per heavy atom. The summed E-state index contributed by atoms with van der Waals surface area (Å²) in [5.74, 6) is 1.52. The number of unbranched alkanes of at least 4 members (excludes halogenated alkanes) is 1. The van der Waals surface area contributed by atoms with E-state index < -0.39 is 0 Å². The summed E-state index contributed by atoms with van der Waals surface area (Å²) in [6, 6.07) is 5.64. The predicted molar refractivity (Wildman–Crippen MR) is 102 cm³/mol. The van der Waals surface area contributed by atoms with E-state index in [-0.39, 0.29) is 5.97 Å². The van der Waals surface area contributed by atoms with Crippen molar-refractivity contribution in [2.45, 2.75) is 39.5 Å². The quantitative estimate of drug-likeness (QED) is 0.320. The molecule has 1 unspecified atom stereocenters. The molecule has 25 heavy (non-hydrogen) atoms. The van der Waals surface area contributed by atoms with Gasteiger partial charge in [0.25, 0.3) is 0 Å². The fourth-order valence-corrected chi connectivity index (χ4v) is 2.40. The zero-order valence-electron chi connectivity index (χ0n) is 15.8. The number of hydrogen-bond acceptors (Lipinski definition) is 4. The molecule has 4 nitrogen and oxygen atoms in total. The smallest absolute Gasteiger partial charge is 0.330 e. The van der Waals surface area contributed by atoms with E-state index in [9.17, 15) is 4.79 Å². The highest BCUT2D eigenvalue weighted by Gasteiger charge is 2.08. The van der Waals surface area contributed by atoms with Gasteiger partial charge in [-0.05, 0) is 30.0 Å². The van der Waals surface area contributed by atoms with Crippen LogP contribution in [0.1, 0.15) is 45.1 Å². The fourth-order valence-electron chi connectivity index (χ4n) is 2.40. The predicted octanol–water partition coefficient (Wildman–Crippen LogP) is 5.03. The molecule has 0 aliphatic carbocycles. The maximum absolute atomic E-state index is 11.8. The second kappa shape index (κ2) is 12.2. The van der Waals surface area contributed by atoms with Gasteiger partial charge >= 0.3 is 5.97 Å². The van der Waals surface area contributed by atoms with Crippen molar-refractivity contribution in [3.63, 3.8) is 0 Å². The number of methoxy groups -OCH3 is 2. The topological polar surface area (TPSA) is 44.8 Å². The number of carbonyl (C=O) groups excluding carboxylic acids is 1. The van der Waals surface area contributed by atoms with Gasteiger partial charge in [0.15, 0.2) is 11.5 Å². The van der Waals surface area contributed by atoms with E-state index in [0.717, 1.165) is 18.4 Å². The van der Waals surface area contributed by atoms with Crippen LogP contribution >= 0.6 is 0 Å². The molecule has 4 heteroatoms. The summed E-state index contributed by atoms with van der Waals surface area (Å²) in [6.45, 7) is 4.81. The third-order valence-corrected chi connectivity index (χ3v) is 4.04. The van der Waals surface area contributed by atoms with Gasteiger partial charge < -0.3 is 14.2 Å². The molecule has 0 heterocycles. The number of carbonyl (C=O) groups is 1. The molecule has 0 fully saturated rings. The number of hydrogen-bond donors (Lipinski definition) is 0. The number of esters is 1. The summed E-state index contributed by atoms with van der Waals surface area (Å²) in [4.78, 5) is 11.8. The molecule has 0 N–H and O–H groups in total. The first-order valence-electron chi connectivity index (χ1n) is 8.88. The Kier molecular flexibility index (Phi) is 10.1. The minimum Gasteiger partial charge on any atom is -0.493 e. The third-order valence-electron chi connectivity index (χ3n) is 4.04. The van der Waals surface area contributed by atoms with Crippen molar-refractivity contribution in [2.75, 3.05) is 20.8 Å². The van der Waals surface area contributed by atoms with Gasteiger partial charge in [0.2, 0.25) is 0 Å². The zero-order chi connectivity index (χ0) is 18.5. The molecule has 1 aromatic carbocycles. The van der Waals surface area contributed by atoms with Crippen molar-refractivity contribution in [1.29, 1.82) is 0 Å². The van der Waals surface area contributed by atoms with E-state index >= 15 is 0 Å². The van der Waals surface area contributed by atoms with Crippen molar-refractivity contribution >= 4 is 12.0 Å². The van der Waals surface area contributed by atoms with Crippen LogP contribution in [0.5, 0.6) is 11.5 Å². The lowest BCUT2D eigenvalue weighted by atomic mass is 10.0. The van der Waals surface area contributed by atoms with Gasteiger partial charge in [-0.3, -0.25) is 0 Å². The highest BCUT2D eigenvalue weighted by molar-refractivity contribution is 5.82. The molecule has 1 rings (SSSR count). The van der Waals surface area contributed by atoms with Crippen molar-refractivity contribution in [1.82, 2.24) is 0 Å². The van der Waals surface area contributed by atoms with Crippen LogP contribution in [0.15, 0.2) is 36.4 Å². The Morgan fingerprint density at radius 3 is 2.52 bits per heavy atom. The molecule has 1 atom stereocenters. The van der Waals surface area contributed by atoms with Gasteiger partial charge in [0.05, 0.1) is 20.8 Å². The average Bonchev–Trinajstić information content (AvgIpc) is 2.65. The normalized spacial score (nSPS) is 12.5. The molecule has 0 bridgehead atoms. The lowest BCUT2D eigenvalue weighted by molar-refractivity contribution is -0.139. The van der Waals surface area contributed by atoms with Gasteiger partial charge in [0.1, 0.15) is 0 Å². The summed E-state index contributed by atoms with van der Waals surface area (Å²) in [5, 5.41) is 0. The Bertz CT molecular complexity index is 575. The Balaban J connectivity index is 2.48. The Labute approximate surface area is 151 Å². The largest absolute Gasteiger partial charge is 0.493 e. The van der Waals surface area contributed by atoms with E-state index in [1.165, 1.54) is 18.9 Å². The first-order chi connectivity index (χ1) is 12.1. The number of ether oxygens (including phenoxy) is 3. The number of allylic oxidation sites excluding steroid dienone is 2. The summed E-state index contributed by atoms with van der Waals surface area (Å²) < 4.78 is 15.8. The lowest BCUT2D eigenvalue weighted by Gasteiger charge is -2.13. The van der Waals surface area contributed by atoms with E-state index in [1.54, 1.807) is 26.4 Å². The maximum atomic E-state index is 11.8. The second-order valence-corrected chi connectivity index (χ2v) is 5.88. The fraction of sp³-hybridized carbons (Fsp3) is 0.476. The number of rotatable bonds is 11. The lowest BCUT2D eigenvalue weighted by Crippen LogP contribution is -2.12. The van der Waals surface area contributed by atoms with Crippen LogP contribution in [-0.4, -0.2) is 26.8 Å². The van der Waals surface area contributed by atoms with E-state index in [4.69, 9.17) is 14.2 Å². The highest BCUT2D eigenvalue weighted by Crippen LogP contribution is 2.27. The van der Waals surface area contributed by atoms with Crippen LogP contribution in [0.2, 0.25) is 0 Å². The third kappa shape index (κ3) is 7.92. The first kappa shape index (κ1) is 20.8. The molecule has 1 aromatic rings. The van der Waals surface area contributed by atoms with Crippen LogP contribution in [0.4, 0.5) is 0 Å². The van der Waals surface area contributed by atoms with E-state index in [0.29, 0.717) is 24.0 Å². The van der Waals surface area contributed by atoms with Gasteiger partial charge in [-0.2, -0.15) is 0 Å². The Morgan fingerprint density at radius 2 is 1.88 bits per heavy atom. The van der Waals surface area contributed by atoms with Crippen molar-refractivity contribution in [3.05, 3.63) is 42.0 Å². The Hall–Kier alpha value is -2.23. The molecule has 138 valence electrons. The van der Waals surface area contributed by atoms with Crippen LogP contribution in [0.25, 0.3) is 6.08 Å². The molecule has 0 spiro atoms. The summed E-state index contributed by atoms with van der Waals surface area (Å²) in [5.41, 5.74) is 0.960. The zero-order valence-corrected chi connectivity index (χ0v) is 15.8. The van der Waals surface area contributed by atoms with Gasteiger partial charge in [-0.25, -0.2) is 4.79 Å². The molecule has 0 aliphatic rings. The average molecular weight is 346 g/mol. The van der Waals surface area contributed by atoms with Crippen LogP contribution in [-0.2, 0) is 9.53 Å². The van der Waals surface area contributed by atoms with Gasteiger partial charge in [0, 0.05) is 6.08 Å². The molecule has 0 saturated heterocycles. The molecule has 0 aromatic heterocycles. The van der Waals surface area contributed by atoms with Gasteiger partial charge in [-0.1, -0.05) is 57.4 Å². The van der Waals surface area contributed by atoms with Crippen molar-refractivity contribution in [2.24, 2.45) is 5.92 Å². The van der Waals surface area contributed by atoms with Crippen molar-refractivity contribution in [3.8, 4) is 11.5 Å². The standard InChI is InChI=1S/C21H30O4/c1-5-7-10-17(6-2)16-25-21(22)12-9-8-11-18-13-14-19(23-3)20(15-18)24-4/h8-9,11-15,17H,5-7,10,16H2,1-4H3/b11-8+,12-9+. The molecule has 0 amide bonds. The van der Waals surface area contributed by atoms with E-state index in [1.807, 2.05) is 24.3 Å².